The van der Waals surface area contributed by atoms with E-state index in [9.17, 15) is 9.59 Å². The number of carboxylic acid groups (broad SMARTS) is 1. The number of aliphatic carboxylic acids is 1. The fourth-order valence-electron chi connectivity index (χ4n) is 1.78. The quantitative estimate of drug-likeness (QED) is 0.900. The van der Waals surface area contributed by atoms with Crippen LogP contribution in [-0.2, 0) is 4.79 Å². The molecule has 0 unspecified atom stereocenters. The highest BCUT2D eigenvalue weighted by molar-refractivity contribution is 6.39. The van der Waals surface area contributed by atoms with Crippen LogP contribution in [0.3, 0.4) is 0 Å². The summed E-state index contributed by atoms with van der Waals surface area (Å²) in [5.74, 6) is -1.54. The zero-order valence-corrected chi connectivity index (χ0v) is 12.3. The van der Waals surface area contributed by atoms with E-state index in [1.165, 1.54) is 6.92 Å². The first-order valence-electron chi connectivity index (χ1n) is 5.82. The second-order valence-corrected chi connectivity index (χ2v) is 4.95. The van der Waals surface area contributed by atoms with Gasteiger partial charge in [-0.25, -0.2) is 0 Å². The Kier molecular flexibility index (Phi) is 4.50. The van der Waals surface area contributed by atoms with Crippen LogP contribution in [0.25, 0.3) is 11.3 Å². The van der Waals surface area contributed by atoms with Crippen molar-refractivity contribution in [2.75, 3.05) is 6.54 Å². The topological polar surface area (TPSA) is 92.4 Å². The predicted octanol–water partition coefficient (Wildman–Crippen LogP) is 2.77. The van der Waals surface area contributed by atoms with Crippen LogP contribution in [0.15, 0.2) is 22.7 Å². The van der Waals surface area contributed by atoms with Crippen LogP contribution in [0, 0.1) is 6.92 Å². The molecule has 1 amide bonds. The molecule has 0 aliphatic carbocycles. The second kappa shape index (κ2) is 6.15. The van der Waals surface area contributed by atoms with Crippen molar-refractivity contribution in [3.05, 3.63) is 39.6 Å². The van der Waals surface area contributed by atoms with E-state index in [0.717, 1.165) is 0 Å². The van der Waals surface area contributed by atoms with Crippen LogP contribution in [0.1, 0.15) is 16.1 Å². The Morgan fingerprint density at radius 2 is 1.95 bits per heavy atom. The molecule has 1 aromatic carbocycles. The number of carboxylic acids is 1. The Balaban J connectivity index is 2.48. The van der Waals surface area contributed by atoms with Gasteiger partial charge < -0.3 is 14.9 Å². The van der Waals surface area contributed by atoms with E-state index in [1.54, 1.807) is 18.2 Å². The van der Waals surface area contributed by atoms with Gasteiger partial charge in [-0.1, -0.05) is 34.4 Å². The Morgan fingerprint density at radius 1 is 1.33 bits per heavy atom. The third kappa shape index (κ3) is 3.17. The number of hydrogen-bond donors (Lipinski definition) is 2. The summed E-state index contributed by atoms with van der Waals surface area (Å²) >= 11 is 12.2. The number of nitrogens with one attached hydrogen (secondary N) is 1. The zero-order valence-electron chi connectivity index (χ0n) is 10.8. The van der Waals surface area contributed by atoms with Crippen LogP contribution in [0.5, 0.6) is 0 Å². The number of halogens is 2. The number of aryl methyl sites for hydroxylation is 1. The smallest absolute Gasteiger partial charge is 0.322 e. The zero-order chi connectivity index (χ0) is 15.6. The lowest BCUT2D eigenvalue weighted by Crippen LogP contribution is -2.29. The summed E-state index contributed by atoms with van der Waals surface area (Å²) in [4.78, 5) is 22.6. The minimum absolute atomic E-state index is 0.103. The summed E-state index contributed by atoms with van der Waals surface area (Å²) < 4.78 is 5.01. The van der Waals surface area contributed by atoms with E-state index in [1.807, 2.05) is 0 Å². The lowest BCUT2D eigenvalue weighted by atomic mass is 10.1. The van der Waals surface area contributed by atoms with Crippen LogP contribution < -0.4 is 5.32 Å². The first-order chi connectivity index (χ1) is 9.91. The first-order valence-corrected chi connectivity index (χ1v) is 6.58. The molecular formula is C13H10Cl2N2O4. The normalized spacial score (nSPS) is 10.4. The number of carbonyl (C=O) groups is 2. The molecule has 0 aliphatic rings. The van der Waals surface area contributed by atoms with Crippen LogP contribution in [-0.4, -0.2) is 28.7 Å². The highest BCUT2D eigenvalue weighted by Crippen LogP contribution is 2.36. The van der Waals surface area contributed by atoms with E-state index >= 15 is 0 Å². The molecule has 6 nitrogen and oxygen atoms in total. The van der Waals surface area contributed by atoms with E-state index < -0.39 is 18.4 Å². The monoisotopic (exact) mass is 328 g/mol. The van der Waals surface area contributed by atoms with E-state index in [0.29, 0.717) is 15.6 Å². The molecule has 1 heterocycles. The molecule has 0 aliphatic heterocycles. The molecule has 2 N–H and O–H groups in total. The van der Waals surface area contributed by atoms with E-state index in [-0.39, 0.29) is 17.0 Å². The third-order valence-electron chi connectivity index (χ3n) is 2.69. The summed E-state index contributed by atoms with van der Waals surface area (Å²) in [7, 11) is 0. The number of carbonyl (C=O) groups excluding carboxylic acids is 1. The van der Waals surface area contributed by atoms with Crippen molar-refractivity contribution in [2.45, 2.75) is 6.92 Å². The van der Waals surface area contributed by atoms with Gasteiger partial charge in [-0.3, -0.25) is 9.59 Å². The third-order valence-corrected chi connectivity index (χ3v) is 3.32. The average molecular weight is 329 g/mol. The molecule has 0 fully saturated rings. The van der Waals surface area contributed by atoms with Crippen molar-refractivity contribution in [3.63, 3.8) is 0 Å². The minimum atomic E-state index is -1.16. The lowest BCUT2D eigenvalue weighted by Gasteiger charge is -2.06. The number of amides is 1. The molecule has 1 aromatic heterocycles. The standard InChI is InChI=1S/C13H10Cl2N2O4/c1-6-10(13(20)16-5-9(18)19)12(17-21-6)11-7(14)3-2-4-8(11)15/h2-4H,5H2,1H3,(H,16,20)(H,18,19). The fourth-order valence-corrected chi connectivity index (χ4v) is 2.35. The maximum absolute atomic E-state index is 12.1. The minimum Gasteiger partial charge on any atom is -0.480 e. The molecular weight excluding hydrogens is 319 g/mol. The van der Waals surface area contributed by atoms with Crippen molar-refractivity contribution in [2.24, 2.45) is 0 Å². The van der Waals surface area contributed by atoms with Gasteiger partial charge in [0.15, 0.2) is 0 Å². The van der Waals surface area contributed by atoms with Crippen molar-refractivity contribution in [1.29, 1.82) is 0 Å². The molecule has 0 bridgehead atoms. The first kappa shape index (κ1) is 15.3. The molecule has 0 saturated heterocycles. The largest absolute Gasteiger partial charge is 0.480 e. The average Bonchev–Trinajstić information content (AvgIpc) is 2.78. The van der Waals surface area contributed by atoms with Crippen LogP contribution in [0.2, 0.25) is 10.0 Å². The molecule has 21 heavy (non-hydrogen) atoms. The predicted molar refractivity (Wildman–Crippen MR) is 76.7 cm³/mol. The summed E-state index contributed by atoms with van der Waals surface area (Å²) in [5, 5.41) is 15.3. The van der Waals surface area contributed by atoms with Gasteiger partial charge >= 0.3 is 5.97 Å². The number of nitrogens with zero attached hydrogens (tertiary/aromatic N) is 1. The van der Waals surface area contributed by atoms with Crippen molar-refractivity contribution in [3.8, 4) is 11.3 Å². The molecule has 0 saturated carbocycles. The molecule has 2 aromatic rings. The summed E-state index contributed by atoms with van der Waals surface area (Å²) in [6.45, 7) is 1.02. The van der Waals surface area contributed by atoms with Gasteiger partial charge in [0.1, 0.15) is 23.6 Å². The van der Waals surface area contributed by atoms with Crippen molar-refractivity contribution >= 4 is 35.1 Å². The highest BCUT2D eigenvalue weighted by atomic mass is 35.5. The Labute approximate surface area is 129 Å². The van der Waals surface area contributed by atoms with Gasteiger partial charge in [-0.05, 0) is 19.1 Å². The Morgan fingerprint density at radius 3 is 2.52 bits per heavy atom. The molecule has 0 spiro atoms. The SMILES string of the molecule is Cc1onc(-c2c(Cl)cccc2Cl)c1C(=O)NCC(=O)O. The van der Waals surface area contributed by atoms with Crippen molar-refractivity contribution < 1.29 is 19.2 Å². The number of hydrogen-bond acceptors (Lipinski definition) is 4. The molecule has 110 valence electrons. The summed E-state index contributed by atoms with van der Waals surface area (Å²) in [6.07, 6.45) is 0. The van der Waals surface area contributed by atoms with Crippen molar-refractivity contribution in [1.82, 2.24) is 10.5 Å². The lowest BCUT2D eigenvalue weighted by molar-refractivity contribution is -0.135. The van der Waals surface area contributed by atoms with Gasteiger partial charge in [0, 0.05) is 5.56 Å². The second-order valence-electron chi connectivity index (χ2n) is 4.14. The fraction of sp³-hybridized carbons (Fsp3) is 0.154. The van der Waals surface area contributed by atoms with Crippen LogP contribution >= 0.6 is 23.2 Å². The number of benzene rings is 1. The summed E-state index contributed by atoms with van der Waals surface area (Å²) in [6, 6.07) is 4.86. The van der Waals surface area contributed by atoms with Crippen LogP contribution in [0.4, 0.5) is 0 Å². The Hall–Kier alpha value is -2.05. The van der Waals surface area contributed by atoms with Gasteiger partial charge in [0.2, 0.25) is 0 Å². The number of aromatic nitrogens is 1. The highest BCUT2D eigenvalue weighted by Gasteiger charge is 2.24. The van der Waals surface area contributed by atoms with Gasteiger partial charge in [-0.15, -0.1) is 0 Å². The van der Waals surface area contributed by atoms with E-state index in [4.69, 9.17) is 32.8 Å². The molecule has 8 heteroatoms. The molecule has 2 rings (SSSR count). The molecule has 0 atom stereocenters. The van der Waals surface area contributed by atoms with Gasteiger partial charge in [-0.2, -0.15) is 0 Å². The number of rotatable bonds is 4. The van der Waals surface area contributed by atoms with Gasteiger partial charge in [0.25, 0.3) is 5.91 Å². The Bertz CT molecular complexity index is 692. The maximum atomic E-state index is 12.1. The van der Waals surface area contributed by atoms with Gasteiger partial charge in [0.05, 0.1) is 10.0 Å². The maximum Gasteiger partial charge on any atom is 0.322 e. The molecule has 0 radical (unpaired) electrons. The summed E-state index contributed by atoms with van der Waals surface area (Å²) in [5.41, 5.74) is 0.635. The van der Waals surface area contributed by atoms with E-state index in [2.05, 4.69) is 10.5 Å².